The lowest BCUT2D eigenvalue weighted by atomic mass is 9.95. The molecule has 6 heteroatoms. The van der Waals surface area contributed by atoms with E-state index in [-0.39, 0.29) is 11.9 Å². The lowest BCUT2D eigenvalue weighted by Gasteiger charge is -2.09. The number of fused-ring (bicyclic) bond motifs is 1. The van der Waals surface area contributed by atoms with Crippen LogP contribution in [0.4, 0.5) is 0 Å². The van der Waals surface area contributed by atoms with Gasteiger partial charge in [-0.1, -0.05) is 59.7 Å². The fourth-order valence-corrected chi connectivity index (χ4v) is 6.22. The Morgan fingerprint density at radius 2 is 1.06 bits per heavy atom. The van der Waals surface area contributed by atoms with Crippen LogP contribution in [-0.4, -0.2) is 25.2 Å². The molecule has 0 aliphatic heterocycles. The maximum absolute atomic E-state index is 12.9. The Morgan fingerprint density at radius 1 is 0.688 bits per heavy atom. The average molecular weight is 465 g/mol. The molecule has 2 heterocycles. The van der Waals surface area contributed by atoms with Crippen molar-refractivity contribution in [3.63, 3.8) is 0 Å². The van der Waals surface area contributed by atoms with Crippen LogP contribution in [0.1, 0.15) is 44.3 Å². The van der Waals surface area contributed by atoms with E-state index < -0.39 is 0 Å². The molecule has 4 aromatic rings. The molecule has 0 amide bonds. The minimum Gasteiger partial charge on any atom is -0.462 e. The zero-order chi connectivity index (χ0) is 22.8. The highest BCUT2D eigenvalue weighted by molar-refractivity contribution is 7.40. The zero-order valence-corrected chi connectivity index (χ0v) is 20.1. The van der Waals surface area contributed by atoms with Gasteiger partial charge in [-0.3, -0.25) is 0 Å². The van der Waals surface area contributed by atoms with E-state index in [0.29, 0.717) is 23.0 Å². The van der Waals surface area contributed by atoms with Crippen LogP contribution in [0.15, 0.2) is 48.5 Å². The van der Waals surface area contributed by atoms with Gasteiger partial charge in [0.05, 0.1) is 17.2 Å². The number of carbonyl (C=O) groups excluding carboxylic acids is 2. The van der Waals surface area contributed by atoms with Crippen molar-refractivity contribution in [3.05, 3.63) is 69.4 Å². The first-order valence-corrected chi connectivity index (χ1v) is 12.2. The molecule has 0 aliphatic carbocycles. The van der Waals surface area contributed by atoms with Gasteiger partial charge in [-0.2, -0.15) is 0 Å². The molecule has 4 rings (SSSR count). The summed E-state index contributed by atoms with van der Waals surface area (Å²) in [7, 11) is 0. The van der Waals surface area contributed by atoms with Crippen molar-refractivity contribution in [2.75, 3.05) is 13.2 Å². The minimum absolute atomic E-state index is 0.302. The van der Waals surface area contributed by atoms with Crippen molar-refractivity contribution >= 4 is 44.0 Å². The Kier molecular flexibility index (Phi) is 6.44. The second-order valence-electron chi connectivity index (χ2n) is 7.45. The number of rotatable bonds is 6. The Bertz CT molecular complexity index is 1180. The van der Waals surface area contributed by atoms with Crippen molar-refractivity contribution in [1.82, 2.24) is 0 Å². The van der Waals surface area contributed by atoms with E-state index in [1.54, 1.807) is 13.8 Å². The summed E-state index contributed by atoms with van der Waals surface area (Å²) in [4.78, 5) is 26.9. The molecule has 0 aliphatic rings. The lowest BCUT2D eigenvalue weighted by molar-refractivity contribution is 0.0523. The van der Waals surface area contributed by atoms with E-state index in [9.17, 15) is 9.59 Å². The fourth-order valence-electron chi connectivity index (χ4n) is 3.64. The highest BCUT2D eigenvalue weighted by atomic mass is 32.2. The summed E-state index contributed by atoms with van der Waals surface area (Å²) < 4.78 is 11.7. The number of aryl methyl sites for hydroxylation is 2. The lowest BCUT2D eigenvalue weighted by Crippen LogP contribution is -2.05. The summed E-state index contributed by atoms with van der Waals surface area (Å²) in [6, 6.07) is 16.2. The Balaban J connectivity index is 2.07. The molecule has 32 heavy (non-hydrogen) atoms. The summed E-state index contributed by atoms with van der Waals surface area (Å²) in [6.45, 7) is 8.26. The topological polar surface area (TPSA) is 52.6 Å². The molecule has 0 fully saturated rings. The first kappa shape index (κ1) is 22.2. The van der Waals surface area contributed by atoms with E-state index >= 15 is 0 Å². The van der Waals surface area contributed by atoms with Crippen molar-refractivity contribution in [2.45, 2.75) is 27.7 Å². The van der Waals surface area contributed by atoms with Crippen molar-refractivity contribution in [1.29, 1.82) is 0 Å². The monoisotopic (exact) mass is 464 g/mol. The van der Waals surface area contributed by atoms with E-state index in [2.05, 4.69) is 0 Å². The summed E-state index contributed by atoms with van der Waals surface area (Å²) in [5.74, 6) is -0.687. The molecule has 0 saturated heterocycles. The number of thiophene rings is 2. The molecule has 0 spiro atoms. The number of hydrogen-bond acceptors (Lipinski definition) is 6. The SMILES string of the molecule is CCOC(=O)c1sc2sc(C(=O)OCC)c(-c3ccc(C)cc3)c2c1-c1ccc(C)cc1. The first-order valence-electron chi connectivity index (χ1n) is 10.5. The zero-order valence-electron chi connectivity index (χ0n) is 18.5. The normalized spacial score (nSPS) is 11.0. The van der Waals surface area contributed by atoms with Gasteiger partial charge in [-0.05, 0) is 38.8 Å². The third kappa shape index (κ3) is 4.08. The van der Waals surface area contributed by atoms with E-state index in [0.717, 1.165) is 42.8 Å². The van der Waals surface area contributed by atoms with Crippen LogP contribution in [0.3, 0.4) is 0 Å². The van der Waals surface area contributed by atoms with Crippen LogP contribution in [0.2, 0.25) is 0 Å². The summed E-state index contributed by atoms with van der Waals surface area (Å²) >= 11 is 2.75. The number of carbonyl (C=O) groups is 2. The molecule has 0 bridgehead atoms. The van der Waals surface area contributed by atoms with Crippen LogP contribution in [0.5, 0.6) is 0 Å². The summed E-state index contributed by atoms with van der Waals surface area (Å²) in [5.41, 5.74) is 5.73. The standard InChI is InChI=1S/C26H24O4S2/c1-5-29-24(27)22-19(17-11-7-15(3)8-12-17)21-20(18-13-9-16(4)10-14-18)23(25(28)30-6-2)32-26(21)31-22/h7-14H,5-6H2,1-4H3. The molecule has 0 saturated carbocycles. The van der Waals surface area contributed by atoms with Gasteiger partial charge < -0.3 is 9.47 Å². The van der Waals surface area contributed by atoms with E-state index in [4.69, 9.17) is 9.47 Å². The summed E-state index contributed by atoms with van der Waals surface area (Å²) in [5, 5.41) is 0.902. The molecular weight excluding hydrogens is 440 g/mol. The Hall–Kier alpha value is -2.96. The van der Waals surface area contributed by atoms with Crippen molar-refractivity contribution in [3.8, 4) is 22.3 Å². The number of hydrogen-bond donors (Lipinski definition) is 0. The predicted molar refractivity (Wildman–Crippen MR) is 132 cm³/mol. The van der Waals surface area contributed by atoms with Crippen LogP contribution in [-0.2, 0) is 9.47 Å². The van der Waals surface area contributed by atoms with Crippen LogP contribution >= 0.6 is 22.7 Å². The molecule has 4 nitrogen and oxygen atoms in total. The molecule has 0 unspecified atom stereocenters. The third-order valence-electron chi connectivity index (χ3n) is 5.15. The molecule has 2 aromatic heterocycles. The predicted octanol–water partition coefficient (Wildman–Crippen LogP) is 7.27. The number of benzene rings is 2. The Labute approximate surface area is 195 Å². The van der Waals surface area contributed by atoms with Crippen LogP contribution in [0.25, 0.3) is 31.7 Å². The van der Waals surface area contributed by atoms with Crippen molar-refractivity contribution < 1.29 is 19.1 Å². The van der Waals surface area contributed by atoms with Gasteiger partial charge in [0, 0.05) is 16.5 Å². The second-order valence-corrected chi connectivity index (χ2v) is 9.75. The second kappa shape index (κ2) is 9.27. The summed E-state index contributed by atoms with van der Waals surface area (Å²) in [6.07, 6.45) is 0. The quantitative estimate of drug-likeness (QED) is 0.282. The van der Waals surface area contributed by atoms with Gasteiger partial charge >= 0.3 is 11.9 Å². The van der Waals surface area contributed by atoms with Gasteiger partial charge in [0.15, 0.2) is 0 Å². The third-order valence-corrected chi connectivity index (χ3v) is 7.58. The van der Waals surface area contributed by atoms with Gasteiger partial charge in [-0.25, -0.2) is 9.59 Å². The smallest absolute Gasteiger partial charge is 0.349 e. The van der Waals surface area contributed by atoms with Crippen molar-refractivity contribution in [2.24, 2.45) is 0 Å². The highest BCUT2D eigenvalue weighted by Gasteiger charge is 2.29. The van der Waals surface area contributed by atoms with E-state index in [1.165, 1.54) is 22.7 Å². The molecular formula is C26H24O4S2. The van der Waals surface area contributed by atoms with Gasteiger partial charge in [0.25, 0.3) is 0 Å². The highest BCUT2D eigenvalue weighted by Crippen LogP contribution is 2.50. The van der Waals surface area contributed by atoms with Crippen LogP contribution < -0.4 is 0 Å². The minimum atomic E-state index is -0.344. The molecule has 0 atom stereocenters. The van der Waals surface area contributed by atoms with Gasteiger partial charge in [0.1, 0.15) is 9.75 Å². The first-order chi connectivity index (χ1) is 15.4. The van der Waals surface area contributed by atoms with Gasteiger partial charge in [0.2, 0.25) is 0 Å². The average Bonchev–Trinajstić information content (AvgIpc) is 3.32. The largest absolute Gasteiger partial charge is 0.462 e. The maximum atomic E-state index is 12.9. The Morgan fingerprint density at radius 3 is 1.41 bits per heavy atom. The maximum Gasteiger partial charge on any atom is 0.349 e. The number of ether oxygens (including phenoxy) is 2. The fraction of sp³-hybridized carbons (Fsp3) is 0.231. The number of esters is 2. The van der Waals surface area contributed by atoms with Gasteiger partial charge in [-0.15, -0.1) is 22.7 Å². The van der Waals surface area contributed by atoms with Crippen LogP contribution in [0, 0.1) is 13.8 Å². The molecule has 2 aromatic carbocycles. The molecule has 0 radical (unpaired) electrons. The van der Waals surface area contributed by atoms with E-state index in [1.807, 2.05) is 62.4 Å². The molecule has 0 N–H and O–H groups in total. The molecule has 164 valence electrons.